The zero-order valence-corrected chi connectivity index (χ0v) is 25.7. The van der Waals surface area contributed by atoms with Crippen LogP contribution in [0.2, 0.25) is 0 Å². The second-order valence-corrected chi connectivity index (χ2v) is 11.4. The quantitative estimate of drug-likeness (QED) is 0.133. The molecule has 0 radical (unpaired) electrons. The number of fused-ring (bicyclic) bond motifs is 1. The fraction of sp³-hybridized carbons (Fsp3) is 0.211. The minimum absolute atomic E-state index is 0.122. The fourth-order valence-corrected chi connectivity index (χ4v) is 5.54. The Kier molecular flexibility index (Phi) is 10.2. The highest BCUT2D eigenvalue weighted by atomic mass is 16.5. The van der Waals surface area contributed by atoms with Crippen molar-refractivity contribution >= 4 is 22.9 Å². The normalized spacial score (nSPS) is 14.0. The average Bonchev–Trinajstić information content (AvgIpc) is 3.09. The molecule has 2 N–H and O–H groups in total. The minimum Gasteiger partial charge on any atom is -0.507 e. The third kappa shape index (κ3) is 8.29. The number of ether oxygens (including phenoxy) is 2. The van der Waals surface area contributed by atoms with E-state index in [9.17, 15) is 9.90 Å². The number of carbonyl (C=O) groups is 1. The average molecular weight is 615 g/mol. The Morgan fingerprint density at radius 3 is 2.07 bits per heavy atom. The first-order chi connectivity index (χ1) is 22.6. The van der Waals surface area contributed by atoms with Crippen molar-refractivity contribution in [3.05, 3.63) is 138 Å². The molecule has 0 spiro atoms. The number of nitrogens with zero attached hydrogens (tertiary/aromatic N) is 3. The van der Waals surface area contributed by atoms with E-state index >= 15 is 0 Å². The van der Waals surface area contributed by atoms with Gasteiger partial charge in [0.1, 0.15) is 19.0 Å². The second kappa shape index (κ2) is 15.2. The number of hydrogen-bond acceptors (Lipinski definition) is 7. The molecule has 8 heteroatoms. The van der Waals surface area contributed by atoms with E-state index in [0.29, 0.717) is 18.8 Å². The van der Waals surface area contributed by atoms with E-state index in [1.807, 2.05) is 84.9 Å². The lowest BCUT2D eigenvalue weighted by molar-refractivity contribution is -0.122. The first-order valence-electron chi connectivity index (χ1n) is 15.5. The summed E-state index contributed by atoms with van der Waals surface area (Å²) in [4.78, 5) is 17.1. The van der Waals surface area contributed by atoms with Gasteiger partial charge in [-0.3, -0.25) is 14.6 Å². The number of rotatable bonds is 12. The van der Waals surface area contributed by atoms with Gasteiger partial charge >= 0.3 is 0 Å². The van der Waals surface area contributed by atoms with Crippen LogP contribution in [0.3, 0.4) is 0 Å². The summed E-state index contributed by atoms with van der Waals surface area (Å²) in [6.45, 7) is 5.19. The predicted molar refractivity (Wildman–Crippen MR) is 181 cm³/mol. The van der Waals surface area contributed by atoms with Gasteiger partial charge in [-0.1, -0.05) is 97.1 Å². The monoisotopic (exact) mass is 614 g/mol. The molecule has 0 aliphatic carbocycles. The van der Waals surface area contributed by atoms with E-state index in [0.717, 1.165) is 71.7 Å². The molecule has 6 rings (SSSR count). The number of nitrogens with one attached hydrogen (secondary N) is 1. The lowest BCUT2D eigenvalue weighted by Gasteiger charge is -2.34. The molecule has 1 aliphatic rings. The highest BCUT2D eigenvalue weighted by Gasteiger charge is 2.20. The van der Waals surface area contributed by atoms with E-state index in [-0.39, 0.29) is 18.2 Å². The van der Waals surface area contributed by atoms with Gasteiger partial charge in [-0.2, -0.15) is 5.10 Å². The number of phenols is 1. The number of amides is 1. The van der Waals surface area contributed by atoms with Gasteiger partial charge < -0.3 is 14.6 Å². The third-order valence-electron chi connectivity index (χ3n) is 8.05. The first kappa shape index (κ1) is 30.8. The second-order valence-electron chi connectivity index (χ2n) is 11.4. The number of carbonyl (C=O) groups excluding carboxylic acids is 1. The highest BCUT2D eigenvalue weighted by molar-refractivity contribution is 6.02. The maximum absolute atomic E-state index is 12.6. The first-order valence-corrected chi connectivity index (χ1v) is 15.5. The van der Waals surface area contributed by atoms with Gasteiger partial charge in [-0.25, -0.2) is 5.43 Å². The Labute approximate surface area is 269 Å². The van der Waals surface area contributed by atoms with Crippen LogP contribution in [0.1, 0.15) is 22.3 Å². The van der Waals surface area contributed by atoms with E-state index < -0.39 is 0 Å². The van der Waals surface area contributed by atoms with E-state index in [4.69, 9.17) is 9.47 Å². The Morgan fingerprint density at radius 1 is 0.717 bits per heavy atom. The fourth-order valence-electron chi connectivity index (χ4n) is 5.54. The molecule has 0 bridgehead atoms. The van der Waals surface area contributed by atoms with Gasteiger partial charge in [0, 0.05) is 38.3 Å². The predicted octanol–water partition coefficient (Wildman–Crippen LogP) is 5.97. The van der Waals surface area contributed by atoms with Crippen LogP contribution in [0, 0.1) is 0 Å². The number of hydrazone groups is 1. The van der Waals surface area contributed by atoms with Crippen LogP contribution < -0.4 is 14.9 Å². The smallest absolute Gasteiger partial charge is 0.254 e. The van der Waals surface area contributed by atoms with Gasteiger partial charge in [0.25, 0.3) is 5.91 Å². The summed E-state index contributed by atoms with van der Waals surface area (Å²) in [6.07, 6.45) is 1.50. The highest BCUT2D eigenvalue weighted by Crippen LogP contribution is 2.31. The van der Waals surface area contributed by atoms with Crippen LogP contribution in [0.5, 0.6) is 17.2 Å². The van der Waals surface area contributed by atoms with Crippen LogP contribution in [-0.4, -0.2) is 59.8 Å². The molecule has 1 aliphatic heterocycles. The van der Waals surface area contributed by atoms with Gasteiger partial charge in [0.15, 0.2) is 11.5 Å². The van der Waals surface area contributed by atoms with E-state index in [1.165, 1.54) is 6.21 Å². The molecule has 46 heavy (non-hydrogen) atoms. The van der Waals surface area contributed by atoms with Crippen LogP contribution >= 0.6 is 0 Å². The molecule has 5 aromatic rings. The Balaban J connectivity index is 1.01. The summed E-state index contributed by atoms with van der Waals surface area (Å²) in [6, 6.07) is 37.7. The number of piperazine rings is 1. The molecular formula is C38H38N4O4. The molecule has 0 unspecified atom stereocenters. The summed E-state index contributed by atoms with van der Waals surface area (Å²) in [5.41, 5.74) is 6.54. The Morgan fingerprint density at radius 2 is 1.35 bits per heavy atom. The maximum Gasteiger partial charge on any atom is 0.254 e. The molecule has 0 atom stereocenters. The van der Waals surface area contributed by atoms with Gasteiger partial charge in [0.05, 0.1) is 12.8 Å². The molecular weight excluding hydrogens is 576 g/mol. The molecule has 1 amide bonds. The Bertz CT molecular complexity index is 1770. The zero-order chi connectivity index (χ0) is 31.6. The number of hydrogen-bond donors (Lipinski definition) is 2. The lowest BCUT2D eigenvalue weighted by atomic mass is 10.0. The van der Waals surface area contributed by atoms with Crippen LogP contribution in [0.4, 0.5) is 0 Å². The van der Waals surface area contributed by atoms with Crippen LogP contribution in [0.15, 0.2) is 120 Å². The molecule has 234 valence electrons. The summed E-state index contributed by atoms with van der Waals surface area (Å²) in [5, 5.41) is 16.3. The standard InChI is InChI=1S/C38H38N4O4/c43-35-17-16-32-13-7-8-14-33(32)34(35)24-39-40-38(44)26-42-21-19-41(20-22-42)25-31-15-18-36(45-27-29-9-3-1-4-10-29)37(23-31)46-28-30-11-5-2-6-12-30/h1-18,23-24,43H,19-22,25-28H2,(H,40,44)/b39-24+. The largest absolute Gasteiger partial charge is 0.507 e. The lowest BCUT2D eigenvalue weighted by Crippen LogP contribution is -2.48. The van der Waals surface area contributed by atoms with E-state index in [1.54, 1.807) is 6.07 Å². The topological polar surface area (TPSA) is 86.6 Å². The SMILES string of the molecule is O=C(CN1CCN(Cc2ccc(OCc3ccccc3)c(OCc3ccccc3)c2)CC1)N/N=C/c1c(O)ccc2ccccc12. The van der Waals surface area contributed by atoms with Crippen molar-refractivity contribution < 1.29 is 19.4 Å². The third-order valence-corrected chi connectivity index (χ3v) is 8.05. The van der Waals surface area contributed by atoms with Crippen LogP contribution in [-0.2, 0) is 24.6 Å². The summed E-state index contributed by atoms with van der Waals surface area (Å²) in [7, 11) is 0. The number of phenolic OH excluding ortho intramolecular Hbond substituents is 1. The van der Waals surface area contributed by atoms with Crippen molar-refractivity contribution in [2.75, 3.05) is 32.7 Å². The Hall–Kier alpha value is -5.18. The van der Waals surface area contributed by atoms with Gasteiger partial charge in [-0.15, -0.1) is 0 Å². The zero-order valence-electron chi connectivity index (χ0n) is 25.7. The molecule has 8 nitrogen and oxygen atoms in total. The van der Waals surface area contributed by atoms with Crippen molar-refractivity contribution in [2.24, 2.45) is 5.10 Å². The van der Waals surface area contributed by atoms with Crippen molar-refractivity contribution in [1.29, 1.82) is 0 Å². The maximum atomic E-state index is 12.6. The number of aromatic hydroxyl groups is 1. The minimum atomic E-state index is -0.185. The summed E-state index contributed by atoms with van der Waals surface area (Å²) in [5.74, 6) is 1.38. The van der Waals surface area contributed by atoms with Crippen LogP contribution in [0.25, 0.3) is 10.8 Å². The molecule has 1 saturated heterocycles. The molecule has 0 saturated carbocycles. The molecule has 1 fully saturated rings. The summed E-state index contributed by atoms with van der Waals surface area (Å²) < 4.78 is 12.4. The molecule has 1 heterocycles. The van der Waals surface area contributed by atoms with Crippen molar-refractivity contribution in [1.82, 2.24) is 15.2 Å². The van der Waals surface area contributed by atoms with Gasteiger partial charge in [0.2, 0.25) is 0 Å². The summed E-state index contributed by atoms with van der Waals surface area (Å²) >= 11 is 0. The van der Waals surface area contributed by atoms with Crippen molar-refractivity contribution in [2.45, 2.75) is 19.8 Å². The van der Waals surface area contributed by atoms with Crippen molar-refractivity contribution in [3.63, 3.8) is 0 Å². The van der Waals surface area contributed by atoms with E-state index in [2.05, 4.69) is 44.6 Å². The van der Waals surface area contributed by atoms with Crippen molar-refractivity contribution in [3.8, 4) is 17.2 Å². The number of benzene rings is 5. The molecule has 0 aromatic heterocycles. The van der Waals surface area contributed by atoms with Gasteiger partial charge in [-0.05, 0) is 45.7 Å². The molecule has 5 aromatic carbocycles.